The second kappa shape index (κ2) is 3.82. The smallest absolute Gasteiger partial charge is 0.248 e. The van der Waals surface area contributed by atoms with Crippen molar-refractivity contribution < 1.29 is 9.21 Å². The summed E-state index contributed by atoms with van der Waals surface area (Å²) in [6.07, 6.45) is 0. The zero-order valence-electron chi connectivity index (χ0n) is 11.0. The lowest BCUT2D eigenvalue weighted by molar-refractivity contribution is 0.0988. The molecule has 0 saturated carbocycles. The van der Waals surface area contributed by atoms with Crippen molar-refractivity contribution in [3.8, 4) is 0 Å². The molecule has 0 aliphatic rings. The lowest BCUT2D eigenvalue weighted by atomic mass is 10.1. The minimum atomic E-state index is -0.139. The Kier molecular flexibility index (Phi) is 2.35. The zero-order chi connectivity index (χ0) is 13.7. The van der Waals surface area contributed by atoms with Crippen molar-refractivity contribution in [1.29, 1.82) is 0 Å². The number of ketones is 1. The minimum absolute atomic E-state index is 0.0945. The number of fused-ring (bicyclic) bond motifs is 2. The molecule has 1 aromatic carbocycles. The molecule has 0 amide bonds. The van der Waals surface area contributed by atoms with Gasteiger partial charge in [0, 0.05) is 35.4 Å². The van der Waals surface area contributed by atoms with E-state index < -0.39 is 0 Å². The van der Waals surface area contributed by atoms with Crippen molar-refractivity contribution in [1.82, 2.24) is 4.98 Å². The highest BCUT2D eigenvalue weighted by atomic mass is 16.3. The Morgan fingerprint density at radius 3 is 2.58 bits per heavy atom. The maximum absolute atomic E-state index is 11.5. The highest BCUT2D eigenvalue weighted by molar-refractivity contribution is 6.03. The molecule has 3 rings (SSSR count). The summed E-state index contributed by atoms with van der Waals surface area (Å²) in [5.41, 5.74) is 2.96. The molecular weight excluding hydrogens is 242 g/mol. The van der Waals surface area contributed by atoms with Crippen molar-refractivity contribution >= 4 is 27.7 Å². The number of carbonyl (C=O) groups is 1. The van der Waals surface area contributed by atoms with Gasteiger partial charge in [0.25, 0.3) is 0 Å². The number of hydrogen-bond donors (Lipinski definition) is 1. The third kappa shape index (κ3) is 1.68. The summed E-state index contributed by atoms with van der Waals surface area (Å²) in [5, 5.41) is 1.87. The first kappa shape index (κ1) is 11.7. The van der Waals surface area contributed by atoms with Crippen LogP contribution >= 0.6 is 0 Å². The van der Waals surface area contributed by atoms with Gasteiger partial charge < -0.3 is 9.40 Å². The van der Waals surface area contributed by atoms with Crippen LogP contribution in [0.1, 0.15) is 28.6 Å². The van der Waals surface area contributed by atoms with Crippen LogP contribution in [0, 0.1) is 13.8 Å². The van der Waals surface area contributed by atoms with Gasteiger partial charge in [-0.2, -0.15) is 0 Å². The Morgan fingerprint density at radius 2 is 1.89 bits per heavy atom. The van der Waals surface area contributed by atoms with E-state index in [1.807, 2.05) is 19.9 Å². The van der Waals surface area contributed by atoms with Crippen LogP contribution in [0.25, 0.3) is 21.9 Å². The van der Waals surface area contributed by atoms with E-state index in [1.165, 1.54) is 6.92 Å². The van der Waals surface area contributed by atoms with Gasteiger partial charge in [-0.1, -0.05) is 0 Å². The second-order valence-electron chi connectivity index (χ2n) is 4.82. The molecule has 2 heterocycles. The summed E-state index contributed by atoms with van der Waals surface area (Å²) in [4.78, 5) is 25.8. The number of Topliss-reactive ketones (excluding diaryl/α,β-unsaturated/α-hetero) is 1. The van der Waals surface area contributed by atoms with Gasteiger partial charge in [0.05, 0.1) is 5.52 Å². The summed E-state index contributed by atoms with van der Waals surface area (Å²) in [6, 6.07) is 5.30. The predicted octanol–water partition coefficient (Wildman–Crippen LogP) is 3.09. The predicted molar refractivity (Wildman–Crippen MR) is 73.8 cm³/mol. The molecule has 4 nitrogen and oxygen atoms in total. The summed E-state index contributed by atoms with van der Waals surface area (Å²) >= 11 is 0. The van der Waals surface area contributed by atoms with Crippen LogP contribution in [0.3, 0.4) is 0 Å². The number of furan rings is 1. The molecule has 1 N–H and O–H groups in total. The fraction of sp³-hybridized carbons (Fsp3) is 0.200. The fourth-order valence-electron chi connectivity index (χ4n) is 2.47. The zero-order valence-corrected chi connectivity index (χ0v) is 11.0. The fourth-order valence-corrected chi connectivity index (χ4v) is 2.47. The number of carbonyl (C=O) groups excluding carboxylic acids is 1. The van der Waals surface area contributed by atoms with E-state index in [2.05, 4.69) is 4.98 Å². The summed E-state index contributed by atoms with van der Waals surface area (Å²) < 4.78 is 5.58. The van der Waals surface area contributed by atoms with Crippen LogP contribution in [0.15, 0.2) is 27.4 Å². The SMILES string of the molecule is CC(=O)c1oc2cc3[nH]c(=O)cc(C)c3cc2c1C. The van der Waals surface area contributed by atoms with Gasteiger partial charge in [0.2, 0.25) is 5.56 Å². The molecule has 2 aromatic heterocycles. The third-order valence-corrected chi connectivity index (χ3v) is 3.43. The summed E-state index contributed by atoms with van der Waals surface area (Å²) in [7, 11) is 0. The van der Waals surface area contributed by atoms with Crippen LogP contribution in [0.5, 0.6) is 0 Å². The van der Waals surface area contributed by atoms with Gasteiger partial charge >= 0.3 is 0 Å². The number of rotatable bonds is 1. The van der Waals surface area contributed by atoms with Gasteiger partial charge in [0.1, 0.15) is 5.58 Å². The molecule has 3 aromatic rings. The number of aromatic nitrogens is 1. The summed E-state index contributed by atoms with van der Waals surface area (Å²) in [5.74, 6) is 0.285. The second-order valence-corrected chi connectivity index (χ2v) is 4.82. The van der Waals surface area contributed by atoms with Crippen molar-refractivity contribution in [2.75, 3.05) is 0 Å². The van der Waals surface area contributed by atoms with E-state index in [0.29, 0.717) is 11.3 Å². The van der Waals surface area contributed by atoms with Gasteiger partial charge in [-0.05, 0) is 25.5 Å². The third-order valence-electron chi connectivity index (χ3n) is 3.43. The highest BCUT2D eigenvalue weighted by Crippen LogP contribution is 2.29. The molecule has 96 valence electrons. The number of pyridine rings is 1. The first-order valence-corrected chi connectivity index (χ1v) is 6.05. The van der Waals surface area contributed by atoms with Crippen LogP contribution in [0.2, 0.25) is 0 Å². The molecule has 0 aliphatic heterocycles. The quantitative estimate of drug-likeness (QED) is 0.679. The Bertz CT molecular complexity index is 884. The molecule has 0 saturated heterocycles. The number of aromatic amines is 1. The maximum atomic E-state index is 11.5. The molecule has 19 heavy (non-hydrogen) atoms. The first-order chi connectivity index (χ1) is 8.97. The van der Waals surface area contributed by atoms with Crippen molar-refractivity contribution in [3.63, 3.8) is 0 Å². The van der Waals surface area contributed by atoms with Crippen LogP contribution in [-0.2, 0) is 0 Å². The van der Waals surface area contributed by atoms with Crippen molar-refractivity contribution in [3.05, 3.63) is 45.4 Å². The van der Waals surface area contributed by atoms with E-state index >= 15 is 0 Å². The number of nitrogens with one attached hydrogen (secondary N) is 1. The van der Waals surface area contributed by atoms with E-state index in [1.54, 1.807) is 12.1 Å². The number of H-pyrrole nitrogens is 1. The number of benzene rings is 1. The average molecular weight is 255 g/mol. The molecule has 0 atom stereocenters. The van der Waals surface area contributed by atoms with Crippen LogP contribution < -0.4 is 5.56 Å². The van der Waals surface area contributed by atoms with E-state index in [9.17, 15) is 9.59 Å². The lowest BCUT2D eigenvalue weighted by Crippen LogP contribution is -2.04. The highest BCUT2D eigenvalue weighted by Gasteiger charge is 2.15. The van der Waals surface area contributed by atoms with Gasteiger partial charge in [-0.15, -0.1) is 0 Å². The normalized spacial score (nSPS) is 11.3. The molecule has 0 spiro atoms. The lowest BCUT2D eigenvalue weighted by Gasteiger charge is -2.01. The van der Waals surface area contributed by atoms with Crippen LogP contribution in [0.4, 0.5) is 0 Å². The van der Waals surface area contributed by atoms with E-state index in [4.69, 9.17) is 4.42 Å². The average Bonchev–Trinajstić information content (AvgIpc) is 2.64. The van der Waals surface area contributed by atoms with Gasteiger partial charge in [0.15, 0.2) is 11.5 Å². The topological polar surface area (TPSA) is 63.1 Å². The molecule has 0 fully saturated rings. The Morgan fingerprint density at radius 1 is 1.16 bits per heavy atom. The minimum Gasteiger partial charge on any atom is -0.453 e. The van der Waals surface area contributed by atoms with E-state index in [-0.39, 0.29) is 11.3 Å². The Hall–Kier alpha value is -2.36. The summed E-state index contributed by atoms with van der Waals surface area (Å²) in [6.45, 7) is 5.25. The molecule has 0 aliphatic carbocycles. The number of aryl methyl sites for hydroxylation is 2. The molecule has 0 unspecified atom stereocenters. The van der Waals surface area contributed by atoms with Crippen molar-refractivity contribution in [2.24, 2.45) is 0 Å². The molecule has 0 radical (unpaired) electrons. The van der Waals surface area contributed by atoms with E-state index in [0.717, 1.165) is 27.4 Å². The Labute approximate surface area is 109 Å². The Balaban J connectivity index is 2.49. The largest absolute Gasteiger partial charge is 0.453 e. The van der Waals surface area contributed by atoms with Gasteiger partial charge in [-0.3, -0.25) is 9.59 Å². The maximum Gasteiger partial charge on any atom is 0.248 e. The molecule has 4 heteroatoms. The molecular formula is C15H13NO3. The van der Waals surface area contributed by atoms with Crippen molar-refractivity contribution in [2.45, 2.75) is 20.8 Å². The first-order valence-electron chi connectivity index (χ1n) is 6.05. The monoisotopic (exact) mass is 255 g/mol. The molecule has 0 bridgehead atoms. The van der Waals surface area contributed by atoms with Crippen LogP contribution in [-0.4, -0.2) is 10.8 Å². The standard InChI is InChI=1S/C15H13NO3/c1-7-4-14(18)16-12-6-13-11(5-10(7)12)8(2)15(19-13)9(3)17/h4-6H,1-3H3,(H,16,18). The number of hydrogen-bond acceptors (Lipinski definition) is 3. The van der Waals surface area contributed by atoms with Gasteiger partial charge in [-0.25, -0.2) is 0 Å².